The summed E-state index contributed by atoms with van der Waals surface area (Å²) in [7, 11) is 17.2. The third-order valence-corrected chi connectivity index (χ3v) is 7.06. The fourth-order valence-electron chi connectivity index (χ4n) is 5.71. The van der Waals surface area contributed by atoms with Crippen LogP contribution in [0.4, 0.5) is 0 Å². The van der Waals surface area contributed by atoms with Gasteiger partial charge in [-0.2, -0.15) is 0 Å². The molecule has 0 spiro atoms. The lowest BCUT2D eigenvalue weighted by molar-refractivity contribution is 0.0176. The highest BCUT2D eigenvalue weighted by atomic mass is 16.5. The minimum Gasteiger partial charge on any atom is -0.377 e. The summed E-state index contributed by atoms with van der Waals surface area (Å²) in [6.07, 6.45) is 9.85. The molecule has 3 heterocycles. The molecule has 7 atom stereocenters. The van der Waals surface area contributed by atoms with Gasteiger partial charge in [0.25, 0.3) is 0 Å². The van der Waals surface area contributed by atoms with E-state index in [9.17, 15) is 0 Å². The van der Waals surface area contributed by atoms with Gasteiger partial charge < -0.3 is 15.4 Å². The minimum absolute atomic E-state index is 0.0447. The van der Waals surface area contributed by atoms with E-state index in [0.29, 0.717) is 36.6 Å². The summed E-state index contributed by atoms with van der Waals surface area (Å²) in [5.41, 5.74) is 1.60. The Kier molecular flexibility index (Phi) is 7.70. The van der Waals surface area contributed by atoms with Crippen molar-refractivity contribution in [2.45, 2.75) is 81.2 Å². The normalized spacial score (nSPS) is 40.4. The van der Waals surface area contributed by atoms with Gasteiger partial charge in [-0.1, -0.05) is 11.6 Å². The fraction of sp³-hybridized carbons (Fsp3) is 0.905. The second-order valence-corrected chi connectivity index (χ2v) is 9.86. The van der Waals surface area contributed by atoms with Crippen LogP contribution in [-0.4, -0.2) is 80.4 Å². The predicted octanol–water partition coefficient (Wildman–Crippen LogP) is -0.181. The number of hydrogen-bond acceptors (Lipinski definition) is 6. The SMILES string of the molecule is [B]C([B])([B])CNC1CC(C)NC(NC2CC3CCOC3C(C3=CCNCCC3)C2)N1. The molecule has 7 unspecified atom stereocenters. The van der Waals surface area contributed by atoms with E-state index in [1.165, 1.54) is 25.7 Å². The Morgan fingerprint density at radius 3 is 2.90 bits per heavy atom. The van der Waals surface area contributed by atoms with E-state index in [-0.39, 0.29) is 12.5 Å². The molecule has 6 nitrogen and oxygen atoms in total. The van der Waals surface area contributed by atoms with Crippen molar-refractivity contribution in [1.29, 1.82) is 0 Å². The number of ether oxygens (including phenoxy) is 1. The lowest BCUT2D eigenvalue weighted by atomic mass is 9.43. The molecule has 0 aromatic heterocycles. The van der Waals surface area contributed by atoms with Crippen LogP contribution < -0.4 is 26.6 Å². The summed E-state index contributed by atoms with van der Waals surface area (Å²) in [4.78, 5) is 0. The first-order valence-corrected chi connectivity index (χ1v) is 11.8. The molecular formula is C21H36B3N5O. The smallest absolute Gasteiger partial charge is 0.113 e. The highest BCUT2D eigenvalue weighted by molar-refractivity contribution is 6.59. The molecule has 1 aliphatic carbocycles. The lowest BCUT2D eigenvalue weighted by Gasteiger charge is -2.44. The summed E-state index contributed by atoms with van der Waals surface area (Å²) in [6, 6.07) is 0.838. The average molecular weight is 407 g/mol. The molecule has 4 rings (SSSR count). The van der Waals surface area contributed by atoms with Gasteiger partial charge in [0.05, 0.1) is 35.8 Å². The van der Waals surface area contributed by atoms with E-state index in [1.54, 1.807) is 5.57 Å². The van der Waals surface area contributed by atoms with E-state index in [1.807, 2.05) is 0 Å². The Balaban J connectivity index is 1.37. The Labute approximate surface area is 186 Å². The maximum atomic E-state index is 6.23. The van der Waals surface area contributed by atoms with Gasteiger partial charge in [-0.15, -0.1) is 5.11 Å². The first kappa shape index (κ1) is 22.9. The molecule has 0 aromatic carbocycles. The summed E-state index contributed by atoms with van der Waals surface area (Å²) < 4.78 is 6.23. The van der Waals surface area contributed by atoms with E-state index >= 15 is 0 Å². The van der Waals surface area contributed by atoms with Gasteiger partial charge in [-0.3, -0.25) is 16.0 Å². The van der Waals surface area contributed by atoms with Crippen LogP contribution >= 0.6 is 0 Å². The van der Waals surface area contributed by atoms with Crippen LogP contribution in [0.15, 0.2) is 11.6 Å². The van der Waals surface area contributed by atoms with Crippen LogP contribution in [0.2, 0.25) is 5.11 Å². The fourth-order valence-corrected chi connectivity index (χ4v) is 5.71. The number of hydrogen-bond donors (Lipinski definition) is 5. The summed E-state index contributed by atoms with van der Waals surface area (Å²) in [5.74, 6) is 1.19. The lowest BCUT2D eigenvalue weighted by Crippen LogP contribution is -2.68. The summed E-state index contributed by atoms with van der Waals surface area (Å²) >= 11 is 0. The van der Waals surface area contributed by atoms with Crippen LogP contribution in [0.5, 0.6) is 0 Å². The summed E-state index contributed by atoms with van der Waals surface area (Å²) in [6.45, 7) is 5.58. The average Bonchev–Trinajstić information content (AvgIpc) is 2.98. The van der Waals surface area contributed by atoms with Crippen molar-refractivity contribution < 1.29 is 4.74 Å². The molecule has 160 valence electrons. The molecule has 6 radical (unpaired) electrons. The number of fused-ring (bicyclic) bond motifs is 1. The molecular weight excluding hydrogens is 371 g/mol. The molecule has 0 amide bonds. The molecule has 3 aliphatic heterocycles. The zero-order valence-electron chi connectivity index (χ0n) is 18.3. The Bertz CT molecular complexity index is 602. The molecule has 30 heavy (non-hydrogen) atoms. The van der Waals surface area contributed by atoms with Crippen LogP contribution in [0.25, 0.3) is 0 Å². The largest absolute Gasteiger partial charge is 0.377 e. The molecule has 5 N–H and O–H groups in total. The van der Waals surface area contributed by atoms with Crippen molar-refractivity contribution in [2.75, 3.05) is 26.2 Å². The standard InChI is InChI=1S/C21H36B3N5O/c1-13-9-18(26-12-21(22,23)24)29-20(27-13)28-16-10-15-5-8-30-19(15)17(11-16)14-3-2-6-25-7-4-14/h4,13,15-20,25-29H,2-3,5-12H2,1H3. The zero-order valence-corrected chi connectivity index (χ0v) is 18.3. The Morgan fingerprint density at radius 1 is 1.20 bits per heavy atom. The van der Waals surface area contributed by atoms with Gasteiger partial charge in [-0.25, -0.2) is 0 Å². The van der Waals surface area contributed by atoms with Gasteiger partial charge in [0.1, 0.15) is 6.29 Å². The van der Waals surface area contributed by atoms with Crippen LogP contribution in [-0.2, 0) is 4.74 Å². The molecule has 1 saturated carbocycles. The van der Waals surface area contributed by atoms with Gasteiger partial charge in [0.15, 0.2) is 0 Å². The van der Waals surface area contributed by atoms with Crippen molar-refractivity contribution in [1.82, 2.24) is 26.6 Å². The molecule has 3 fully saturated rings. The quantitative estimate of drug-likeness (QED) is 0.311. The van der Waals surface area contributed by atoms with Crippen molar-refractivity contribution >= 4 is 23.5 Å². The minimum atomic E-state index is -1.20. The van der Waals surface area contributed by atoms with Crippen molar-refractivity contribution in [3.05, 3.63) is 11.6 Å². The van der Waals surface area contributed by atoms with E-state index in [4.69, 9.17) is 28.3 Å². The highest BCUT2D eigenvalue weighted by Gasteiger charge is 2.43. The third-order valence-electron chi connectivity index (χ3n) is 7.06. The monoisotopic (exact) mass is 407 g/mol. The predicted molar refractivity (Wildman–Crippen MR) is 124 cm³/mol. The van der Waals surface area contributed by atoms with E-state index < -0.39 is 5.11 Å². The first-order valence-electron chi connectivity index (χ1n) is 11.8. The maximum Gasteiger partial charge on any atom is 0.113 e. The van der Waals surface area contributed by atoms with Gasteiger partial charge in [0, 0.05) is 31.2 Å². The second-order valence-electron chi connectivity index (χ2n) is 9.86. The van der Waals surface area contributed by atoms with E-state index in [2.05, 4.69) is 39.6 Å². The molecule has 4 aliphatic rings. The van der Waals surface area contributed by atoms with Crippen molar-refractivity contribution in [2.24, 2.45) is 11.8 Å². The van der Waals surface area contributed by atoms with Gasteiger partial charge in [-0.05, 0) is 64.5 Å². The number of nitrogens with one attached hydrogen (secondary N) is 5. The highest BCUT2D eigenvalue weighted by Crippen LogP contribution is 2.42. The zero-order chi connectivity index (χ0) is 21.1. The van der Waals surface area contributed by atoms with Crippen LogP contribution in [0.3, 0.4) is 0 Å². The van der Waals surface area contributed by atoms with Crippen molar-refractivity contribution in [3.63, 3.8) is 0 Å². The Hall–Kier alpha value is -0.305. The van der Waals surface area contributed by atoms with E-state index in [0.717, 1.165) is 32.5 Å². The van der Waals surface area contributed by atoms with Crippen molar-refractivity contribution in [3.8, 4) is 0 Å². The van der Waals surface area contributed by atoms with Crippen LogP contribution in [0, 0.1) is 11.8 Å². The topological polar surface area (TPSA) is 69.4 Å². The Morgan fingerprint density at radius 2 is 2.07 bits per heavy atom. The van der Waals surface area contributed by atoms with Crippen LogP contribution in [0.1, 0.15) is 45.4 Å². The number of rotatable bonds is 6. The molecule has 9 heteroatoms. The maximum absolute atomic E-state index is 6.23. The second kappa shape index (κ2) is 10.1. The molecule has 0 bridgehead atoms. The third kappa shape index (κ3) is 6.14. The first-order chi connectivity index (χ1) is 14.4. The molecule has 0 aromatic rings. The summed E-state index contributed by atoms with van der Waals surface area (Å²) in [5, 5.41) is 16.8. The van der Waals surface area contributed by atoms with Gasteiger partial charge >= 0.3 is 0 Å². The van der Waals surface area contributed by atoms with Gasteiger partial charge in [0.2, 0.25) is 0 Å². The molecule has 2 saturated heterocycles.